The molecular weight excluding hydrogens is 314 g/mol. The number of hydrogen-bond acceptors (Lipinski definition) is 3. The molecule has 1 aliphatic heterocycles. The van der Waals surface area contributed by atoms with Crippen LogP contribution >= 0.6 is 15.9 Å². The fourth-order valence-electron chi connectivity index (χ4n) is 1.98. The molecule has 1 saturated heterocycles. The number of morpholine rings is 1. The Balaban J connectivity index is 2.19. The van der Waals surface area contributed by atoms with Gasteiger partial charge >= 0.3 is 5.97 Å². The van der Waals surface area contributed by atoms with E-state index in [0.29, 0.717) is 12.1 Å². The van der Waals surface area contributed by atoms with Crippen LogP contribution in [0, 0.1) is 6.92 Å². The Labute approximate surface area is 119 Å². The van der Waals surface area contributed by atoms with Crippen LogP contribution in [0.1, 0.15) is 15.9 Å². The smallest absolute Gasteiger partial charge is 0.334 e. The predicted molar refractivity (Wildman–Crippen MR) is 72.2 cm³/mol. The Kier molecular flexibility index (Phi) is 4.21. The fourth-order valence-corrected chi connectivity index (χ4v) is 2.34. The number of aliphatic carboxylic acids is 1. The zero-order valence-electron chi connectivity index (χ0n) is 10.4. The third-order valence-corrected chi connectivity index (χ3v) is 3.55. The minimum atomic E-state index is -1.04. The van der Waals surface area contributed by atoms with Crippen LogP contribution in [0.3, 0.4) is 0 Å². The van der Waals surface area contributed by atoms with Crippen LogP contribution in [0.5, 0.6) is 0 Å². The van der Waals surface area contributed by atoms with Gasteiger partial charge in [-0.05, 0) is 24.6 Å². The van der Waals surface area contributed by atoms with E-state index in [4.69, 9.17) is 9.84 Å². The highest BCUT2D eigenvalue weighted by atomic mass is 79.9. The van der Waals surface area contributed by atoms with Gasteiger partial charge in [-0.2, -0.15) is 0 Å². The van der Waals surface area contributed by atoms with Crippen molar-refractivity contribution in [2.24, 2.45) is 0 Å². The van der Waals surface area contributed by atoms with Crippen LogP contribution in [0.4, 0.5) is 0 Å². The first-order valence-corrected chi connectivity index (χ1v) is 6.68. The number of carbonyl (C=O) groups is 2. The standard InChI is InChI=1S/C13H14BrNO4/c1-8-2-3-9(14)6-10(8)12(16)15-4-5-19-11(7-15)13(17)18/h2-3,6,11H,4-5,7H2,1H3,(H,17,18). The maximum atomic E-state index is 12.4. The molecule has 0 spiro atoms. The second-order valence-electron chi connectivity index (χ2n) is 4.41. The number of nitrogens with zero attached hydrogens (tertiary/aromatic N) is 1. The van der Waals surface area contributed by atoms with E-state index >= 15 is 0 Å². The van der Waals surface area contributed by atoms with Gasteiger partial charge in [0.05, 0.1) is 13.2 Å². The third-order valence-electron chi connectivity index (χ3n) is 3.06. The molecule has 0 saturated carbocycles. The molecule has 1 heterocycles. The van der Waals surface area contributed by atoms with Crippen LogP contribution in [-0.4, -0.2) is 47.7 Å². The lowest BCUT2D eigenvalue weighted by Crippen LogP contribution is -2.48. The topological polar surface area (TPSA) is 66.8 Å². The van der Waals surface area contributed by atoms with Crippen molar-refractivity contribution in [1.29, 1.82) is 0 Å². The van der Waals surface area contributed by atoms with Gasteiger partial charge in [0.1, 0.15) is 0 Å². The van der Waals surface area contributed by atoms with Crippen molar-refractivity contribution in [1.82, 2.24) is 4.90 Å². The van der Waals surface area contributed by atoms with E-state index in [0.717, 1.165) is 10.0 Å². The second-order valence-corrected chi connectivity index (χ2v) is 5.32. The third kappa shape index (κ3) is 3.13. The summed E-state index contributed by atoms with van der Waals surface area (Å²) in [4.78, 5) is 24.8. The Morgan fingerprint density at radius 2 is 2.21 bits per heavy atom. The molecule has 0 aromatic heterocycles. The van der Waals surface area contributed by atoms with Gasteiger partial charge in [-0.15, -0.1) is 0 Å². The molecule has 1 unspecified atom stereocenters. The number of ether oxygens (including phenoxy) is 1. The number of rotatable bonds is 2. The molecule has 0 radical (unpaired) electrons. The lowest BCUT2D eigenvalue weighted by Gasteiger charge is -2.31. The number of amides is 1. The SMILES string of the molecule is Cc1ccc(Br)cc1C(=O)N1CCOC(C(=O)O)C1. The number of carbonyl (C=O) groups excluding carboxylic acids is 1. The Bertz CT molecular complexity index is 517. The minimum Gasteiger partial charge on any atom is -0.479 e. The Morgan fingerprint density at radius 1 is 1.47 bits per heavy atom. The van der Waals surface area contributed by atoms with Crippen LogP contribution in [-0.2, 0) is 9.53 Å². The summed E-state index contributed by atoms with van der Waals surface area (Å²) >= 11 is 3.33. The van der Waals surface area contributed by atoms with Crippen LogP contribution in [0.2, 0.25) is 0 Å². The number of hydrogen-bond donors (Lipinski definition) is 1. The Hall–Kier alpha value is -1.40. The number of aryl methyl sites for hydroxylation is 1. The maximum Gasteiger partial charge on any atom is 0.334 e. The summed E-state index contributed by atoms with van der Waals surface area (Å²) in [5.74, 6) is -1.20. The predicted octanol–water partition coefficient (Wildman–Crippen LogP) is 1.68. The van der Waals surface area contributed by atoms with Crippen LogP contribution in [0.15, 0.2) is 22.7 Å². The molecular formula is C13H14BrNO4. The van der Waals surface area contributed by atoms with Crippen LogP contribution in [0.25, 0.3) is 0 Å². The fraction of sp³-hybridized carbons (Fsp3) is 0.385. The van der Waals surface area contributed by atoms with E-state index in [2.05, 4.69) is 15.9 Å². The van der Waals surface area contributed by atoms with E-state index in [-0.39, 0.29) is 19.1 Å². The van der Waals surface area contributed by atoms with Gasteiger partial charge < -0.3 is 14.7 Å². The number of halogens is 1. The Morgan fingerprint density at radius 3 is 2.89 bits per heavy atom. The molecule has 5 nitrogen and oxygen atoms in total. The highest BCUT2D eigenvalue weighted by Crippen LogP contribution is 2.19. The molecule has 1 amide bonds. The summed E-state index contributed by atoms with van der Waals surface area (Å²) in [7, 11) is 0. The molecule has 0 aliphatic carbocycles. The van der Waals surface area contributed by atoms with Gasteiger partial charge in [-0.1, -0.05) is 22.0 Å². The van der Waals surface area contributed by atoms with Gasteiger partial charge in [0.2, 0.25) is 0 Å². The van der Waals surface area contributed by atoms with Crippen molar-refractivity contribution < 1.29 is 19.4 Å². The molecule has 0 bridgehead atoms. The average molecular weight is 328 g/mol. The monoisotopic (exact) mass is 327 g/mol. The lowest BCUT2D eigenvalue weighted by molar-refractivity contribution is -0.154. The zero-order valence-corrected chi connectivity index (χ0v) is 12.0. The summed E-state index contributed by atoms with van der Waals surface area (Å²) in [6.07, 6.45) is -0.940. The van der Waals surface area contributed by atoms with Gasteiger partial charge in [0.15, 0.2) is 6.10 Å². The van der Waals surface area contributed by atoms with E-state index in [1.807, 2.05) is 19.1 Å². The first-order valence-electron chi connectivity index (χ1n) is 5.89. The molecule has 1 aliphatic rings. The molecule has 1 atom stereocenters. The normalized spacial score (nSPS) is 19.3. The zero-order chi connectivity index (χ0) is 14.0. The largest absolute Gasteiger partial charge is 0.479 e. The van der Waals surface area contributed by atoms with Gasteiger partial charge in [0, 0.05) is 16.6 Å². The molecule has 102 valence electrons. The second kappa shape index (κ2) is 5.71. The summed E-state index contributed by atoms with van der Waals surface area (Å²) < 4.78 is 5.93. The molecule has 1 fully saturated rings. The highest BCUT2D eigenvalue weighted by Gasteiger charge is 2.29. The van der Waals surface area contributed by atoms with Crippen molar-refractivity contribution in [2.45, 2.75) is 13.0 Å². The minimum absolute atomic E-state index is 0.0835. The van der Waals surface area contributed by atoms with Gasteiger partial charge in [0.25, 0.3) is 5.91 Å². The van der Waals surface area contributed by atoms with Gasteiger partial charge in [-0.3, -0.25) is 4.79 Å². The van der Waals surface area contributed by atoms with Crippen molar-refractivity contribution in [3.63, 3.8) is 0 Å². The summed E-state index contributed by atoms with van der Waals surface area (Å²) in [6.45, 7) is 2.60. The summed E-state index contributed by atoms with van der Waals surface area (Å²) in [5, 5.41) is 8.94. The molecule has 1 aromatic carbocycles. The van der Waals surface area contributed by atoms with Crippen molar-refractivity contribution in [3.05, 3.63) is 33.8 Å². The van der Waals surface area contributed by atoms with E-state index in [9.17, 15) is 9.59 Å². The molecule has 1 aromatic rings. The number of carboxylic acids is 1. The van der Waals surface area contributed by atoms with Crippen molar-refractivity contribution >= 4 is 27.8 Å². The first-order chi connectivity index (χ1) is 8.99. The van der Waals surface area contributed by atoms with E-state index < -0.39 is 12.1 Å². The van der Waals surface area contributed by atoms with Crippen LogP contribution < -0.4 is 0 Å². The molecule has 19 heavy (non-hydrogen) atoms. The summed E-state index contributed by atoms with van der Waals surface area (Å²) in [5.41, 5.74) is 1.45. The number of carboxylic acid groups (broad SMARTS) is 1. The average Bonchev–Trinajstić information content (AvgIpc) is 2.41. The van der Waals surface area contributed by atoms with E-state index in [1.165, 1.54) is 4.90 Å². The van der Waals surface area contributed by atoms with Crippen molar-refractivity contribution in [3.8, 4) is 0 Å². The quantitative estimate of drug-likeness (QED) is 0.897. The summed E-state index contributed by atoms with van der Waals surface area (Å²) in [6, 6.07) is 5.47. The van der Waals surface area contributed by atoms with Crippen molar-refractivity contribution in [2.75, 3.05) is 19.7 Å². The maximum absolute atomic E-state index is 12.4. The number of benzene rings is 1. The molecule has 6 heteroatoms. The lowest BCUT2D eigenvalue weighted by atomic mass is 10.1. The van der Waals surface area contributed by atoms with E-state index in [1.54, 1.807) is 6.07 Å². The van der Waals surface area contributed by atoms with Gasteiger partial charge in [-0.25, -0.2) is 4.79 Å². The molecule has 2 rings (SSSR count). The first kappa shape index (κ1) is 14.0. The molecule has 1 N–H and O–H groups in total. The highest BCUT2D eigenvalue weighted by molar-refractivity contribution is 9.10.